The van der Waals surface area contributed by atoms with Crippen LogP contribution >= 0.6 is 0 Å². The van der Waals surface area contributed by atoms with Crippen molar-refractivity contribution in [3.63, 3.8) is 0 Å². The van der Waals surface area contributed by atoms with Crippen LogP contribution in [-0.4, -0.2) is 44.8 Å². The number of amides is 1. The Hall–Kier alpha value is -2.70. The van der Waals surface area contributed by atoms with Gasteiger partial charge in [0.25, 0.3) is 0 Å². The standard InChI is InChI=1S/C21H26FN3O3/c1-14(6-7-16-4-3-5-17(22)12-16)20(26)24-10-8-18(9-11-24)25-15(2)19(13-23-25)21(27)28/h3-5,12-14,18H,6-11H2,1-2H3,(H,27,28). The minimum Gasteiger partial charge on any atom is -0.478 e. The number of carboxylic acid groups (broad SMARTS) is 1. The van der Waals surface area contributed by atoms with Crippen molar-refractivity contribution in [3.8, 4) is 0 Å². The van der Waals surface area contributed by atoms with Gasteiger partial charge in [0.1, 0.15) is 11.4 Å². The summed E-state index contributed by atoms with van der Waals surface area (Å²) in [5.74, 6) is -1.22. The number of carbonyl (C=O) groups is 2. The third-order valence-corrected chi connectivity index (χ3v) is 5.57. The van der Waals surface area contributed by atoms with Crippen molar-refractivity contribution in [1.29, 1.82) is 0 Å². The molecule has 1 aromatic carbocycles. The number of aryl methyl sites for hydroxylation is 1. The number of benzene rings is 1. The predicted molar refractivity (Wildman–Crippen MR) is 103 cm³/mol. The molecule has 1 N–H and O–H groups in total. The molecule has 1 fully saturated rings. The summed E-state index contributed by atoms with van der Waals surface area (Å²) in [5, 5.41) is 13.4. The number of hydrogen-bond donors (Lipinski definition) is 1. The molecule has 0 bridgehead atoms. The third-order valence-electron chi connectivity index (χ3n) is 5.57. The number of aromatic nitrogens is 2. The molecule has 6 nitrogen and oxygen atoms in total. The number of piperidine rings is 1. The van der Waals surface area contributed by atoms with Gasteiger partial charge in [-0.1, -0.05) is 19.1 Å². The zero-order valence-corrected chi connectivity index (χ0v) is 16.3. The molecule has 2 heterocycles. The molecule has 1 atom stereocenters. The maximum Gasteiger partial charge on any atom is 0.339 e. The molecule has 1 aromatic heterocycles. The maximum absolute atomic E-state index is 13.3. The zero-order chi connectivity index (χ0) is 20.3. The van der Waals surface area contributed by atoms with Crippen LogP contribution in [0.15, 0.2) is 30.5 Å². The number of carboxylic acids is 1. The molecule has 0 spiro atoms. The van der Waals surface area contributed by atoms with Gasteiger partial charge in [-0.25, -0.2) is 9.18 Å². The van der Waals surface area contributed by atoms with Crippen molar-refractivity contribution in [2.75, 3.05) is 13.1 Å². The number of halogens is 1. The van der Waals surface area contributed by atoms with Crippen LogP contribution in [0.2, 0.25) is 0 Å². The van der Waals surface area contributed by atoms with Gasteiger partial charge in [-0.3, -0.25) is 9.48 Å². The number of nitrogens with zero attached hydrogens (tertiary/aromatic N) is 3. The Labute approximate surface area is 164 Å². The Kier molecular flexibility index (Phi) is 6.11. The van der Waals surface area contributed by atoms with Crippen molar-refractivity contribution in [2.24, 2.45) is 5.92 Å². The van der Waals surface area contributed by atoms with E-state index in [4.69, 9.17) is 0 Å². The van der Waals surface area contributed by atoms with Crippen LogP contribution in [0.5, 0.6) is 0 Å². The molecular weight excluding hydrogens is 361 g/mol. The van der Waals surface area contributed by atoms with E-state index in [1.165, 1.54) is 18.3 Å². The van der Waals surface area contributed by atoms with Gasteiger partial charge in [0.05, 0.1) is 17.9 Å². The lowest BCUT2D eigenvalue weighted by molar-refractivity contribution is -0.136. The number of likely N-dealkylation sites (tertiary alicyclic amines) is 1. The summed E-state index contributed by atoms with van der Waals surface area (Å²) in [6, 6.07) is 6.61. The third kappa shape index (κ3) is 4.40. The molecule has 1 aliphatic rings. The highest BCUT2D eigenvalue weighted by Crippen LogP contribution is 2.26. The second-order valence-corrected chi connectivity index (χ2v) is 7.52. The molecule has 1 aliphatic heterocycles. The minimum atomic E-state index is -0.969. The lowest BCUT2D eigenvalue weighted by atomic mass is 9.97. The van der Waals surface area contributed by atoms with E-state index >= 15 is 0 Å². The molecule has 1 unspecified atom stereocenters. The van der Waals surface area contributed by atoms with Crippen molar-refractivity contribution in [2.45, 2.75) is 45.6 Å². The van der Waals surface area contributed by atoms with Crippen molar-refractivity contribution in [1.82, 2.24) is 14.7 Å². The molecular formula is C21H26FN3O3. The van der Waals surface area contributed by atoms with Gasteiger partial charge in [0.2, 0.25) is 5.91 Å². The van der Waals surface area contributed by atoms with E-state index in [0.717, 1.165) is 18.4 Å². The second kappa shape index (κ2) is 8.54. The summed E-state index contributed by atoms with van der Waals surface area (Å²) >= 11 is 0. The predicted octanol–water partition coefficient (Wildman–Crippen LogP) is 3.46. The molecule has 1 saturated heterocycles. The lowest BCUT2D eigenvalue weighted by Gasteiger charge is -2.34. The first-order valence-electron chi connectivity index (χ1n) is 9.67. The Balaban J connectivity index is 1.52. The number of aromatic carboxylic acids is 1. The molecule has 28 heavy (non-hydrogen) atoms. The first-order valence-corrected chi connectivity index (χ1v) is 9.67. The molecule has 7 heteroatoms. The minimum absolute atomic E-state index is 0.111. The van der Waals surface area contributed by atoms with E-state index in [9.17, 15) is 19.1 Å². The summed E-state index contributed by atoms with van der Waals surface area (Å²) in [6.07, 6.45) is 4.26. The fraction of sp³-hybridized carbons (Fsp3) is 0.476. The fourth-order valence-electron chi connectivity index (χ4n) is 3.84. The van der Waals surface area contributed by atoms with Gasteiger partial charge >= 0.3 is 5.97 Å². The molecule has 150 valence electrons. The second-order valence-electron chi connectivity index (χ2n) is 7.52. The normalized spacial score (nSPS) is 16.2. The van der Waals surface area contributed by atoms with Crippen LogP contribution in [0.3, 0.4) is 0 Å². The van der Waals surface area contributed by atoms with Crippen molar-refractivity contribution >= 4 is 11.9 Å². The Morgan fingerprint density at radius 1 is 1.32 bits per heavy atom. The highest BCUT2D eigenvalue weighted by Gasteiger charge is 2.28. The van der Waals surface area contributed by atoms with E-state index in [0.29, 0.717) is 31.6 Å². The quantitative estimate of drug-likeness (QED) is 0.824. The molecule has 0 aliphatic carbocycles. The van der Waals surface area contributed by atoms with Crippen molar-refractivity contribution < 1.29 is 19.1 Å². The molecule has 0 saturated carbocycles. The smallest absolute Gasteiger partial charge is 0.339 e. The maximum atomic E-state index is 13.3. The number of carbonyl (C=O) groups excluding carboxylic acids is 1. The number of hydrogen-bond acceptors (Lipinski definition) is 3. The van der Waals surface area contributed by atoms with Crippen LogP contribution < -0.4 is 0 Å². The van der Waals surface area contributed by atoms with E-state index in [2.05, 4.69) is 5.10 Å². The van der Waals surface area contributed by atoms with Gasteiger partial charge in [-0.2, -0.15) is 5.10 Å². The average molecular weight is 387 g/mol. The zero-order valence-electron chi connectivity index (χ0n) is 16.3. The monoisotopic (exact) mass is 387 g/mol. The van der Waals surface area contributed by atoms with Gasteiger partial charge < -0.3 is 10.0 Å². The summed E-state index contributed by atoms with van der Waals surface area (Å²) in [6.45, 7) is 4.96. The summed E-state index contributed by atoms with van der Waals surface area (Å²) < 4.78 is 15.1. The van der Waals surface area contributed by atoms with Crippen molar-refractivity contribution in [3.05, 3.63) is 53.1 Å². The highest BCUT2D eigenvalue weighted by molar-refractivity contribution is 5.88. The van der Waals surface area contributed by atoms with Crippen LogP contribution in [0, 0.1) is 18.7 Å². The first-order chi connectivity index (χ1) is 13.4. The fourth-order valence-corrected chi connectivity index (χ4v) is 3.84. The number of rotatable bonds is 6. The van der Waals surface area contributed by atoms with Gasteiger partial charge in [-0.15, -0.1) is 0 Å². The summed E-state index contributed by atoms with van der Waals surface area (Å²) in [5.41, 5.74) is 1.78. The topological polar surface area (TPSA) is 75.4 Å². The van der Waals surface area contributed by atoms with E-state index in [-0.39, 0.29) is 29.2 Å². The molecule has 3 rings (SSSR count). The van der Waals surface area contributed by atoms with E-state index in [1.807, 2.05) is 17.9 Å². The average Bonchev–Trinajstić information content (AvgIpc) is 3.07. The van der Waals surface area contributed by atoms with Crippen LogP contribution in [0.1, 0.15) is 53.8 Å². The lowest BCUT2D eigenvalue weighted by Crippen LogP contribution is -2.42. The van der Waals surface area contributed by atoms with Gasteiger partial charge in [0.15, 0.2) is 0 Å². The Morgan fingerprint density at radius 3 is 2.64 bits per heavy atom. The molecule has 0 radical (unpaired) electrons. The Bertz CT molecular complexity index is 856. The summed E-state index contributed by atoms with van der Waals surface area (Å²) in [7, 11) is 0. The highest BCUT2D eigenvalue weighted by atomic mass is 19.1. The summed E-state index contributed by atoms with van der Waals surface area (Å²) in [4.78, 5) is 25.8. The van der Waals surface area contributed by atoms with Gasteiger partial charge in [0, 0.05) is 19.0 Å². The van der Waals surface area contributed by atoms with E-state index < -0.39 is 5.97 Å². The van der Waals surface area contributed by atoms with Crippen LogP contribution in [-0.2, 0) is 11.2 Å². The Morgan fingerprint density at radius 2 is 2.04 bits per heavy atom. The van der Waals surface area contributed by atoms with Crippen LogP contribution in [0.25, 0.3) is 0 Å². The molecule has 1 amide bonds. The van der Waals surface area contributed by atoms with Gasteiger partial charge in [-0.05, 0) is 50.3 Å². The van der Waals surface area contributed by atoms with Crippen LogP contribution in [0.4, 0.5) is 4.39 Å². The SMILES string of the molecule is Cc1c(C(=O)O)cnn1C1CCN(C(=O)C(C)CCc2cccc(F)c2)CC1. The largest absolute Gasteiger partial charge is 0.478 e. The molecule has 2 aromatic rings. The first kappa shape index (κ1) is 20.0. The van der Waals surface area contributed by atoms with E-state index in [1.54, 1.807) is 17.7 Å².